The molecule has 18 heavy (non-hydrogen) atoms. The van der Waals surface area contributed by atoms with Crippen molar-refractivity contribution < 1.29 is 14.9 Å². The van der Waals surface area contributed by atoms with Crippen LogP contribution in [0.2, 0.25) is 0 Å². The van der Waals surface area contributed by atoms with E-state index in [0.29, 0.717) is 5.56 Å². The number of carbonyl (C=O) groups is 1. The molecular formula is C15H16O3. The van der Waals surface area contributed by atoms with Gasteiger partial charge in [-0.05, 0) is 26.0 Å². The molecule has 0 saturated heterocycles. The van der Waals surface area contributed by atoms with Gasteiger partial charge >= 0.3 is 5.97 Å². The minimum Gasteiger partial charge on any atom is -0.296 e. The highest BCUT2D eigenvalue weighted by molar-refractivity contribution is 5.88. The Balaban J connectivity index is 0.000000184. The molecule has 0 radical (unpaired) electrons. The Bertz CT molecular complexity index is 454. The smallest absolute Gasteiger partial charge is 0.296 e. The Labute approximate surface area is 107 Å². The summed E-state index contributed by atoms with van der Waals surface area (Å²) in [6, 6.07) is 16.7. The second-order valence-corrected chi connectivity index (χ2v) is 3.90. The van der Waals surface area contributed by atoms with E-state index in [4.69, 9.17) is 5.26 Å². The van der Waals surface area contributed by atoms with Crippen LogP contribution in [0.5, 0.6) is 0 Å². The first-order chi connectivity index (χ1) is 8.63. The van der Waals surface area contributed by atoms with E-state index in [1.54, 1.807) is 30.3 Å². The number of carbonyl (C=O) groups excluding carboxylic acids is 1. The van der Waals surface area contributed by atoms with E-state index in [0.717, 1.165) is 0 Å². The molecule has 0 spiro atoms. The zero-order chi connectivity index (χ0) is 13.4. The van der Waals surface area contributed by atoms with E-state index < -0.39 is 5.97 Å². The van der Waals surface area contributed by atoms with Crippen LogP contribution in [-0.2, 0) is 4.89 Å². The van der Waals surface area contributed by atoms with Crippen LogP contribution in [0.1, 0.15) is 21.5 Å². The largest absolute Gasteiger partial charge is 0.372 e. The van der Waals surface area contributed by atoms with E-state index in [1.165, 1.54) is 11.1 Å². The standard InChI is InChI=1S/C8H10.C7H6O3/c1-7-3-5-8(2)6-4-7;8-7(10-9)6-4-2-1-3-5-6/h3-6H,1-2H3;1-5,9H. The lowest BCUT2D eigenvalue weighted by Crippen LogP contribution is -2.00. The maximum Gasteiger partial charge on any atom is 0.372 e. The molecule has 0 aliphatic carbocycles. The van der Waals surface area contributed by atoms with Crippen molar-refractivity contribution in [3.05, 3.63) is 71.3 Å². The van der Waals surface area contributed by atoms with Crippen molar-refractivity contribution in [1.29, 1.82) is 0 Å². The maximum absolute atomic E-state index is 10.5. The van der Waals surface area contributed by atoms with Crippen molar-refractivity contribution in [3.8, 4) is 0 Å². The first-order valence-corrected chi connectivity index (χ1v) is 5.57. The molecular weight excluding hydrogens is 228 g/mol. The van der Waals surface area contributed by atoms with Crippen molar-refractivity contribution in [2.75, 3.05) is 0 Å². The third-order valence-electron chi connectivity index (χ3n) is 2.31. The number of benzene rings is 2. The molecule has 1 N–H and O–H groups in total. The average molecular weight is 244 g/mol. The summed E-state index contributed by atoms with van der Waals surface area (Å²) in [5.41, 5.74) is 3.00. The van der Waals surface area contributed by atoms with Crippen LogP contribution in [-0.4, -0.2) is 11.2 Å². The highest BCUT2D eigenvalue weighted by Gasteiger charge is 2.02. The first kappa shape index (κ1) is 13.9. The number of aryl methyl sites for hydroxylation is 2. The predicted octanol–water partition coefficient (Wildman–Crippen LogP) is 3.62. The molecule has 2 rings (SSSR count). The first-order valence-electron chi connectivity index (χ1n) is 5.57. The van der Waals surface area contributed by atoms with Gasteiger partial charge in [-0.3, -0.25) is 4.89 Å². The van der Waals surface area contributed by atoms with E-state index in [1.807, 2.05) is 0 Å². The molecule has 3 heteroatoms. The molecule has 0 fully saturated rings. The predicted molar refractivity (Wildman–Crippen MR) is 70.4 cm³/mol. The average Bonchev–Trinajstić information content (AvgIpc) is 2.43. The van der Waals surface area contributed by atoms with Gasteiger partial charge in [-0.25, -0.2) is 4.79 Å². The zero-order valence-electron chi connectivity index (χ0n) is 10.5. The molecule has 0 bridgehead atoms. The van der Waals surface area contributed by atoms with Crippen LogP contribution in [0, 0.1) is 13.8 Å². The molecule has 0 aliphatic heterocycles. The van der Waals surface area contributed by atoms with Crippen LogP contribution >= 0.6 is 0 Å². The maximum atomic E-state index is 10.5. The van der Waals surface area contributed by atoms with Gasteiger partial charge in [0.2, 0.25) is 0 Å². The zero-order valence-corrected chi connectivity index (χ0v) is 10.5. The monoisotopic (exact) mass is 244 g/mol. The van der Waals surface area contributed by atoms with Crippen molar-refractivity contribution in [2.45, 2.75) is 13.8 Å². The fourth-order valence-corrected chi connectivity index (χ4v) is 1.26. The lowest BCUT2D eigenvalue weighted by molar-refractivity contribution is -0.182. The molecule has 0 saturated carbocycles. The summed E-state index contributed by atoms with van der Waals surface area (Å²) in [6.07, 6.45) is 0. The van der Waals surface area contributed by atoms with Crippen LogP contribution in [0.4, 0.5) is 0 Å². The third-order valence-corrected chi connectivity index (χ3v) is 2.31. The molecule has 0 aliphatic rings. The van der Waals surface area contributed by atoms with Crippen molar-refractivity contribution in [3.63, 3.8) is 0 Å². The molecule has 0 amide bonds. The fraction of sp³-hybridized carbons (Fsp3) is 0.133. The Morgan fingerprint density at radius 2 is 1.33 bits per heavy atom. The van der Waals surface area contributed by atoms with Gasteiger partial charge in [0.05, 0.1) is 5.56 Å². The van der Waals surface area contributed by atoms with Gasteiger partial charge < -0.3 is 0 Å². The topological polar surface area (TPSA) is 46.5 Å². The Morgan fingerprint density at radius 1 is 0.889 bits per heavy atom. The lowest BCUT2D eigenvalue weighted by atomic mass is 10.2. The molecule has 2 aromatic carbocycles. The minimum absolute atomic E-state index is 0.338. The number of hydrogen-bond donors (Lipinski definition) is 1. The quantitative estimate of drug-likeness (QED) is 0.615. The second kappa shape index (κ2) is 7.25. The van der Waals surface area contributed by atoms with Gasteiger partial charge in [-0.2, -0.15) is 5.26 Å². The fourth-order valence-electron chi connectivity index (χ4n) is 1.26. The van der Waals surface area contributed by atoms with E-state index in [-0.39, 0.29) is 0 Å². The van der Waals surface area contributed by atoms with E-state index >= 15 is 0 Å². The second-order valence-electron chi connectivity index (χ2n) is 3.90. The van der Waals surface area contributed by atoms with E-state index in [2.05, 4.69) is 43.0 Å². The van der Waals surface area contributed by atoms with Crippen molar-refractivity contribution >= 4 is 5.97 Å². The summed E-state index contributed by atoms with van der Waals surface area (Å²) in [7, 11) is 0. The lowest BCUT2D eigenvalue weighted by Gasteiger charge is -1.92. The molecule has 94 valence electrons. The summed E-state index contributed by atoms with van der Waals surface area (Å²) in [6.45, 7) is 4.19. The summed E-state index contributed by atoms with van der Waals surface area (Å²) in [5.74, 6) is -0.736. The Morgan fingerprint density at radius 3 is 1.72 bits per heavy atom. The SMILES string of the molecule is Cc1ccc(C)cc1.O=C(OO)c1ccccc1. The summed E-state index contributed by atoms with van der Waals surface area (Å²) >= 11 is 0. The van der Waals surface area contributed by atoms with Crippen LogP contribution in [0.15, 0.2) is 54.6 Å². The van der Waals surface area contributed by atoms with Gasteiger partial charge in [0, 0.05) is 0 Å². The van der Waals surface area contributed by atoms with Crippen molar-refractivity contribution in [1.82, 2.24) is 0 Å². The highest BCUT2D eigenvalue weighted by Crippen LogP contribution is 1.99. The summed E-state index contributed by atoms with van der Waals surface area (Å²) in [4.78, 5) is 14.0. The van der Waals surface area contributed by atoms with Crippen molar-refractivity contribution in [2.24, 2.45) is 0 Å². The van der Waals surface area contributed by atoms with Crippen LogP contribution in [0.3, 0.4) is 0 Å². The minimum atomic E-state index is -0.736. The molecule has 3 nitrogen and oxygen atoms in total. The normalized spacial score (nSPS) is 9.06. The van der Waals surface area contributed by atoms with Crippen LogP contribution < -0.4 is 0 Å². The summed E-state index contributed by atoms with van der Waals surface area (Å²) in [5, 5.41) is 7.94. The van der Waals surface area contributed by atoms with Gasteiger partial charge in [0.15, 0.2) is 0 Å². The highest BCUT2D eigenvalue weighted by atomic mass is 17.1. The van der Waals surface area contributed by atoms with E-state index in [9.17, 15) is 4.79 Å². The molecule has 0 heterocycles. The number of rotatable bonds is 1. The third kappa shape index (κ3) is 4.80. The number of hydrogen-bond acceptors (Lipinski definition) is 3. The Kier molecular flexibility index (Phi) is 5.61. The van der Waals surface area contributed by atoms with Crippen LogP contribution in [0.25, 0.3) is 0 Å². The van der Waals surface area contributed by atoms with Gasteiger partial charge in [0.25, 0.3) is 0 Å². The van der Waals surface area contributed by atoms with Gasteiger partial charge in [-0.1, -0.05) is 53.6 Å². The molecule has 0 unspecified atom stereocenters. The molecule has 0 atom stereocenters. The Hall–Kier alpha value is -2.13. The molecule has 2 aromatic rings. The molecule has 0 aromatic heterocycles. The van der Waals surface area contributed by atoms with Gasteiger partial charge in [-0.15, -0.1) is 0 Å². The van der Waals surface area contributed by atoms with Gasteiger partial charge in [0.1, 0.15) is 0 Å². The summed E-state index contributed by atoms with van der Waals surface area (Å²) < 4.78 is 0.